The Hall–Kier alpha value is -2.26. The first kappa shape index (κ1) is 14.7. The molecule has 0 N–H and O–H groups in total. The number of aryl methyl sites for hydroxylation is 2. The van der Waals surface area contributed by atoms with Crippen LogP contribution in [0.2, 0.25) is 0 Å². The van der Waals surface area contributed by atoms with Crippen LogP contribution in [0.5, 0.6) is 0 Å². The molecule has 0 radical (unpaired) electrons. The summed E-state index contributed by atoms with van der Waals surface area (Å²) in [6, 6.07) is 4.76. The quantitative estimate of drug-likeness (QED) is 0.714. The molecular formula is C13H15N5O3S. The minimum atomic E-state index is -3.71. The standard InChI is InChI=1S/C13H15N5O3S/c1-9-10(7-17(2)14-9)8-18(3)22(19,20)12-6-4-5-11-13(12)16-21-15-11/h4-7H,8H2,1-3H3. The average Bonchev–Trinajstić information content (AvgIpc) is 3.04. The van der Waals surface area contributed by atoms with Crippen molar-refractivity contribution in [3.8, 4) is 0 Å². The monoisotopic (exact) mass is 321 g/mol. The Morgan fingerprint density at radius 3 is 2.77 bits per heavy atom. The van der Waals surface area contributed by atoms with Crippen molar-refractivity contribution in [3.63, 3.8) is 0 Å². The van der Waals surface area contributed by atoms with Gasteiger partial charge in [-0.25, -0.2) is 13.0 Å². The van der Waals surface area contributed by atoms with E-state index in [1.165, 1.54) is 17.4 Å². The van der Waals surface area contributed by atoms with Gasteiger partial charge in [0.1, 0.15) is 10.4 Å². The molecule has 116 valence electrons. The maximum Gasteiger partial charge on any atom is 0.245 e. The molecule has 0 unspecified atom stereocenters. The molecule has 0 amide bonds. The van der Waals surface area contributed by atoms with Gasteiger partial charge in [0.25, 0.3) is 0 Å². The van der Waals surface area contributed by atoms with Crippen LogP contribution < -0.4 is 0 Å². The van der Waals surface area contributed by atoms with Crippen molar-refractivity contribution < 1.29 is 13.0 Å². The minimum Gasteiger partial charge on any atom is -0.275 e. The second kappa shape index (κ2) is 5.18. The van der Waals surface area contributed by atoms with Crippen molar-refractivity contribution >= 4 is 21.1 Å². The van der Waals surface area contributed by atoms with Gasteiger partial charge in [0.2, 0.25) is 10.0 Å². The Bertz CT molecular complexity index is 928. The van der Waals surface area contributed by atoms with Gasteiger partial charge in [-0.2, -0.15) is 9.40 Å². The largest absolute Gasteiger partial charge is 0.275 e. The van der Waals surface area contributed by atoms with E-state index in [1.54, 1.807) is 30.1 Å². The fraction of sp³-hybridized carbons (Fsp3) is 0.308. The Labute approximate surface area is 127 Å². The van der Waals surface area contributed by atoms with Crippen LogP contribution in [0.15, 0.2) is 33.9 Å². The fourth-order valence-corrected chi connectivity index (χ4v) is 3.57. The molecule has 0 bridgehead atoms. The van der Waals surface area contributed by atoms with Gasteiger partial charge in [-0.05, 0) is 29.4 Å². The van der Waals surface area contributed by atoms with Crippen molar-refractivity contribution in [2.24, 2.45) is 7.05 Å². The van der Waals surface area contributed by atoms with Gasteiger partial charge in [-0.3, -0.25) is 4.68 Å². The molecule has 0 aliphatic rings. The summed E-state index contributed by atoms with van der Waals surface area (Å²) in [7, 11) is -0.387. The lowest BCUT2D eigenvalue weighted by molar-refractivity contribution is 0.315. The third-order valence-electron chi connectivity index (χ3n) is 3.45. The highest BCUT2D eigenvalue weighted by Crippen LogP contribution is 2.24. The maximum absolute atomic E-state index is 12.8. The summed E-state index contributed by atoms with van der Waals surface area (Å²) in [6.07, 6.45) is 1.81. The second-order valence-electron chi connectivity index (χ2n) is 5.06. The van der Waals surface area contributed by atoms with Crippen LogP contribution in [0.1, 0.15) is 11.3 Å². The van der Waals surface area contributed by atoms with E-state index in [9.17, 15) is 8.42 Å². The van der Waals surface area contributed by atoms with Gasteiger partial charge in [0, 0.05) is 32.4 Å². The van der Waals surface area contributed by atoms with Crippen LogP contribution in [0.4, 0.5) is 0 Å². The first-order valence-corrected chi connectivity index (χ1v) is 8.00. The molecule has 0 spiro atoms. The van der Waals surface area contributed by atoms with Crippen LogP contribution in [-0.4, -0.2) is 39.9 Å². The predicted molar refractivity (Wildman–Crippen MR) is 78.4 cm³/mol. The summed E-state index contributed by atoms with van der Waals surface area (Å²) in [6.45, 7) is 2.07. The summed E-state index contributed by atoms with van der Waals surface area (Å²) in [5, 5.41) is 11.6. The summed E-state index contributed by atoms with van der Waals surface area (Å²) < 4.78 is 33.1. The fourth-order valence-electron chi connectivity index (χ4n) is 2.29. The third-order valence-corrected chi connectivity index (χ3v) is 5.28. The van der Waals surface area contributed by atoms with Crippen molar-refractivity contribution in [1.82, 2.24) is 24.4 Å². The van der Waals surface area contributed by atoms with Gasteiger partial charge in [0.05, 0.1) is 5.69 Å². The molecule has 0 aliphatic heterocycles. The Kier molecular flexibility index (Phi) is 3.45. The van der Waals surface area contributed by atoms with Crippen LogP contribution in [0, 0.1) is 6.92 Å². The first-order valence-electron chi connectivity index (χ1n) is 6.56. The number of aromatic nitrogens is 4. The first-order chi connectivity index (χ1) is 10.4. The summed E-state index contributed by atoms with van der Waals surface area (Å²) in [5.74, 6) is 0. The van der Waals surface area contributed by atoms with E-state index < -0.39 is 10.0 Å². The Morgan fingerprint density at radius 2 is 2.09 bits per heavy atom. The van der Waals surface area contributed by atoms with Crippen LogP contribution in [0.25, 0.3) is 11.0 Å². The molecule has 0 saturated heterocycles. The Balaban J connectivity index is 1.99. The van der Waals surface area contributed by atoms with E-state index in [-0.39, 0.29) is 17.0 Å². The third kappa shape index (κ3) is 2.38. The van der Waals surface area contributed by atoms with Gasteiger partial charge in [0.15, 0.2) is 5.52 Å². The normalized spacial score (nSPS) is 12.4. The van der Waals surface area contributed by atoms with E-state index in [4.69, 9.17) is 0 Å². The number of benzene rings is 1. The number of hydrogen-bond donors (Lipinski definition) is 0. The van der Waals surface area contributed by atoms with Crippen molar-refractivity contribution in [1.29, 1.82) is 0 Å². The zero-order valence-electron chi connectivity index (χ0n) is 12.4. The molecule has 0 aliphatic carbocycles. The number of hydrogen-bond acceptors (Lipinski definition) is 6. The van der Waals surface area contributed by atoms with E-state index in [0.717, 1.165) is 11.3 Å². The molecule has 9 heteroatoms. The molecule has 3 rings (SSSR count). The van der Waals surface area contributed by atoms with E-state index >= 15 is 0 Å². The lowest BCUT2D eigenvalue weighted by atomic mass is 10.3. The predicted octanol–water partition coefficient (Wildman–Crippen LogP) is 1.09. The highest BCUT2D eigenvalue weighted by atomic mass is 32.2. The van der Waals surface area contributed by atoms with Gasteiger partial charge in [-0.1, -0.05) is 6.07 Å². The van der Waals surface area contributed by atoms with Crippen LogP contribution >= 0.6 is 0 Å². The van der Waals surface area contributed by atoms with Crippen LogP contribution in [0.3, 0.4) is 0 Å². The topological polar surface area (TPSA) is 94.1 Å². The molecule has 22 heavy (non-hydrogen) atoms. The highest BCUT2D eigenvalue weighted by molar-refractivity contribution is 7.89. The Morgan fingerprint density at radius 1 is 1.32 bits per heavy atom. The van der Waals surface area contributed by atoms with Gasteiger partial charge >= 0.3 is 0 Å². The molecule has 2 heterocycles. The van der Waals surface area contributed by atoms with Crippen LogP contribution in [-0.2, 0) is 23.6 Å². The molecule has 0 saturated carbocycles. The number of rotatable bonds is 4. The van der Waals surface area contributed by atoms with Gasteiger partial charge < -0.3 is 0 Å². The van der Waals surface area contributed by atoms with Crippen molar-refractivity contribution in [2.75, 3.05) is 7.05 Å². The SMILES string of the molecule is Cc1nn(C)cc1CN(C)S(=O)(=O)c1cccc2nonc12. The summed E-state index contributed by atoms with van der Waals surface area (Å²) in [5.41, 5.74) is 2.29. The van der Waals surface area contributed by atoms with E-state index in [0.29, 0.717) is 5.52 Å². The lowest BCUT2D eigenvalue weighted by Gasteiger charge is -2.16. The van der Waals surface area contributed by atoms with Gasteiger partial charge in [-0.15, -0.1) is 0 Å². The smallest absolute Gasteiger partial charge is 0.245 e. The highest BCUT2D eigenvalue weighted by Gasteiger charge is 2.26. The number of sulfonamides is 1. The lowest BCUT2D eigenvalue weighted by Crippen LogP contribution is -2.26. The molecule has 1 aromatic carbocycles. The van der Waals surface area contributed by atoms with E-state index in [1.807, 2.05) is 6.92 Å². The number of fused-ring (bicyclic) bond motifs is 1. The molecule has 2 aromatic heterocycles. The molecular weight excluding hydrogens is 306 g/mol. The van der Waals surface area contributed by atoms with Crippen molar-refractivity contribution in [3.05, 3.63) is 35.7 Å². The molecule has 0 fully saturated rings. The average molecular weight is 321 g/mol. The minimum absolute atomic E-state index is 0.0790. The summed E-state index contributed by atoms with van der Waals surface area (Å²) >= 11 is 0. The molecule has 3 aromatic rings. The summed E-state index contributed by atoms with van der Waals surface area (Å²) in [4.78, 5) is 0.0790. The number of nitrogens with zero attached hydrogens (tertiary/aromatic N) is 5. The maximum atomic E-state index is 12.8. The zero-order chi connectivity index (χ0) is 15.9. The second-order valence-corrected chi connectivity index (χ2v) is 7.08. The van der Waals surface area contributed by atoms with Crippen molar-refractivity contribution in [2.45, 2.75) is 18.4 Å². The zero-order valence-corrected chi connectivity index (χ0v) is 13.2. The molecule has 8 nitrogen and oxygen atoms in total. The van der Waals surface area contributed by atoms with E-state index in [2.05, 4.69) is 20.0 Å². The molecule has 0 atom stereocenters.